The lowest BCUT2D eigenvalue weighted by Crippen LogP contribution is -2.25. The summed E-state index contributed by atoms with van der Waals surface area (Å²) in [5.41, 5.74) is 2.64. The monoisotopic (exact) mass is 490 g/mol. The highest BCUT2D eigenvalue weighted by molar-refractivity contribution is 8.15. The average Bonchev–Trinajstić information content (AvgIpc) is 3.60. The molecule has 172 valence electrons. The van der Waals surface area contributed by atoms with Gasteiger partial charge in [0.05, 0.1) is 29.4 Å². The van der Waals surface area contributed by atoms with Crippen molar-refractivity contribution in [1.82, 2.24) is 5.01 Å². The Hall–Kier alpha value is -3.43. The minimum absolute atomic E-state index is 0.0138. The van der Waals surface area contributed by atoms with E-state index < -0.39 is 5.25 Å². The number of methoxy groups -OCH3 is 1. The lowest BCUT2D eigenvalue weighted by Gasteiger charge is -2.23. The number of hydrogen-bond acceptors (Lipinski definition) is 7. The van der Waals surface area contributed by atoms with Gasteiger partial charge in [-0.15, -0.1) is 11.3 Å². The van der Waals surface area contributed by atoms with Gasteiger partial charge in [-0.2, -0.15) is 10.1 Å². The molecule has 5 rings (SSSR count). The van der Waals surface area contributed by atoms with E-state index in [2.05, 4.69) is 28.5 Å². The van der Waals surface area contributed by atoms with Crippen LogP contribution in [0.1, 0.15) is 29.3 Å². The van der Waals surface area contributed by atoms with Crippen LogP contribution in [0.5, 0.6) is 5.75 Å². The highest BCUT2D eigenvalue weighted by Crippen LogP contribution is 2.39. The number of benzene rings is 2. The number of hydrogen-bond donors (Lipinski definition) is 1. The molecule has 3 aromatic rings. The number of amidine groups is 1. The molecular formula is C25H22N4O3S2. The number of para-hydroxylation sites is 2. The molecule has 0 saturated heterocycles. The molecule has 2 atom stereocenters. The molecule has 0 spiro atoms. The lowest BCUT2D eigenvalue weighted by molar-refractivity contribution is -0.121. The van der Waals surface area contributed by atoms with Gasteiger partial charge < -0.3 is 10.1 Å². The Labute approximate surface area is 205 Å². The van der Waals surface area contributed by atoms with E-state index in [0.717, 1.165) is 22.6 Å². The lowest BCUT2D eigenvalue weighted by atomic mass is 10.0. The fourth-order valence-electron chi connectivity index (χ4n) is 3.94. The summed E-state index contributed by atoms with van der Waals surface area (Å²) in [5, 5.41) is 11.5. The molecule has 2 unspecified atom stereocenters. The van der Waals surface area contributed by atoms with Crippen molar-refractivity contribution >= 4 is 51.5 Å². The van der Waals surface area contributed by atoms with Crippen molar-refractivity contribution < 1.29 is 14.3 Å². The predicted octanol–water partition coefficient (Wildman–Crippen LogP) is 4.93. The van der Waals surface area contributed by atoms with Gasteiger partial charge in [0.15, 0.2) is 5.17 Å². The Kier molecular flexibility index (Phi) is 6.46. The van der Waals surface area contributed by atoms with Crippen LogP contribution in [0.4, 0.5) is 5.69 Å². The summed E-state index contributed by atoms with van der Waals surface area (Å²) >= 11 is 2.93. The number of amides is 2. The molecule has 2 aliphatic heterocycles. The van der Waals surface area contributed by atoms with Crippen LogP contribution in [0.15, 0.2) is 82.2 Å². The van der Waals surface area contributed by atoms with Gasteiger partial charge >= 0.3 is 0 Å². The smallest absolute Gasteiger partial charge is 0.262 e. The van der Waals surface area contributed by atoms with Crippen LogP contribution in [0.3, 0.4) is 0 Å². The summed E-state index contributed by atoms with van der Waals surface area (Å²) in [4.78, 5) is 30.8. The van der Waals surface area contributed by atoms with Crippen LogP contribution in [0.25, 0.3) is 0 Å². The largest absolute Gasteiger partial charge is 0.495 e. The summed E-state index contributed by atoms with van der Waals surface area (Å²) < 4.78 is 5.29. The van der Waals surface area contributed by atoms with Gasteiger partial charge in [-0.25, -0.2) is 5.01 Å². The Morgan fingerprint density at radius 1 is 1.12 bits per heavy atom. The van der Waals surface area contributed by atoms with Gasteiger partial charge in [0.2, 0.25) is 5.91 Å². The standard InChI is InChI=1S/C25H22N4O3S2/c1-32-20-11-6-5-10-17(20)26-23(30)15-22-24(31)27-25(34-22)29-19(16-8-3-2-4-9-16)14-18(28-29)21-12-7-13-33-21/h2-13,19,22H,14-15H2,1H3,(H,26,30). The maximum absolute atomic E-state index is 12.7. The van der Waals surface area contributed by atoms with Crippen molar-refractivity contribution in [2.75, 3.05) is 12.4 Å². The summed E-state index contributed by atoms with van der Waals surface area (Å²) in [7, 11) is 1.55. The number of nitrogens with zero attached hydrogens (tertiary/aromatic N) is 3. The molecule has 7 nitrogen and oxygen atoms in total. The molecule has 2 amide bonds. The van der Waals surface area contributed by atoms with Crippen molar-refractivity contribution in [3.05, 3.63) is 82.6 Å². The zero-order valence-electron chi connectivity index (χ0n) is 18.4. The molecule has 0 bridgehead atoms. The molecule has 0 radical (unpaired) electrons. The molecule has 1 aromatic heterocycles. The molecule has 2 aliphatic rings. The van der Waals surface area contributed by atoms with Gasteiger partial charge in [0.25, 0.3) is 5.91 Å². The van der Waals surface area contributed by atoms with E-state index in [-0.39, 0.29) is 24.3 Å². The van der Waals surface area contributed by atoms with E-state index in [1.54, 1.807) is 30.6 Å². The van der Waals surface area contributed by atoms with Gasteiger partial charge in [0.1, 0.15) is 11.0 Å². The minimum atomic E-state index is -0.595. The molecular weight excluding hydrogens is 468 g/mol. The third-order valence-corrected chi connectivity index (χ3v) is 7.64. The molecule has 3 heterocycles. The number of rotatable bonds is 6. The first-order valence-corrected chi connectivity index (χ1v) is 12.6. The van der Waals surface area contributed by atoms with Crippen molar-refractivity contribution in [2.45, 2.75) is 24.1 Å². The minimum Gasteiger partial charge on any atom is -0.495 e. The molecule has 9 heteroatoms. The summed E-state index contributed by atoms with van der Waals surface area (Å²) in [5.74, 6) is -0.0197. The summed E-state index contributed by atoms with van der Waals surface area (Å²) in [6.45, 7) is 0. The van der Waals surface area contributed by atoms with Crippen molar-refractivity contribution in [3.8, 4) is 5.75 Å². The fourth-order valence-corrected chi connectivity index (χ4v) is 5.72. The van der Waals surface area contributed by atoms with E-state index in [1.165, 1.54) is 11.8 Å². The second-order valence-corrected chi connectivity index (χ2v) is 9.91. The number of anilines is 1. The molecule has 34 heavy (non-hydrogen) atoms. The van der Waals surface area contributed by atoms with E-state index in [9.17, 15) is 9.59 Å². The van der Waals surface area contributed by atoms with E-state index in [1.807, 2.05) is 46.8 Å². The number of nitrogens with one attached hydrogen (secondary N) is 1. The van der Waals surface area contributed by atoms with Gasteiger partial charge in [-0.05, 0) is 29.1 Å². The normalized spacial score (nSPS) is 19.7. The number of thiophene rings is 1. The number of thioether (sulfide) groups is 1. The van der Waals surface area contributed by atoms with Crippen LogP contribution in [0.2, 0.25) is 0 Å². The maximum Gasteiger partial charge on any atom is 0.262 e. The Morgan fingerprint density at radius 3 is 2.68 bits per heavy atom. The second-order valence-electron chi connectivity index (χ2n) is 7.79. The Morgan fingerprint density at radius 2 is 1.91 bits per heavy atom. The number of carbonyl (C=O) groups excluding carboxylic acids is 2. The summed E-state index contributed by atoms with van der Waals surface area (Å²) in [6.07, 6.45) is 0.733. The van der Waals surface area contributed by atoms with Crippen molar-refractivity contribution in [3.63, 3.8) is 0 Å². The number of carbonyl (C=O) groups is 2. The maximum atomic E-state index is 12.7. The quantitative estimate of drug-likeness (QED) is 0.530. The van der Waals surface area contributed by atoms with Gasteiger partial charge in [-0.3, -0.25) is 9.59 Å². The molecule has 2 aromatic carbocycles. The van der Waals surface area contributed by atoms with Crippen molar-refractivity contribution in [1.29, 1.82) is 0 Å². The van der Waals surface area contributed by atoms with Gasteiger partial charge in [0, 0.05) is 12.8 Å². The van der Waals surface area contributed by atoms with E-state index >= 15 is 0 Å². The molecule has 0 fully saturated rings. The summed E-state index contributed by atoms with van der Waals surface area (Å²) in [6, 6.07) is 21.3. The molecule has 0 saturated carbocycles. The van der Waals surface area contributed by atoms with E-state index in [0.29, 0.717) is 16.6 Å². The fraction of sp³-hybridized carbons (Fsp3) is 0.200. The highest BCUT2D eigenvalue weighted by atomic mass is 32.2. The predicted molar refractivity (Wildman–Crippen MR) is 137 cm³/mol. The number of ether oxygens (including phenoxy) is 1. The number of aliphatic imine (C=N–C) groups is 1. The highest BCUT2D eigenvalue weighted by Gasteiger charge is 2.39. The number of hydrazone groups is 1. The van der Waals surface area contributed by atoms with Crippen LogP contribution >= 0.6 is 23.1 Å². The van der Waals surface area contributed by atoms with Gasteiger partial charge in [-0.1, -0.05) is 60.3 Å². The third-order valence-electron chi connectivity index (χ3n) is 5.58. The molecule has 0 aliphatic carbocycles. The zero-order chi connectivity index (χ0) is 23.5. The third kappa shape index (κ3) is 4.62. The SMILES string of the molecule is COc1ccccc1NC(=O)CC1SC(N2N=C(c3cccs3)CC2c2ccccc2)=NC1=O. The first kappa shape index (κ1) is 22.4. The van der Waals surface area contributed by atoms with Crippen LogP contribution in [0, 0.1) is 0 Å². The van der Waals surface area contributed by atoms with E-state index in [4.69, 9.17) is 9.84 Å². The van der Waals surface area contributed by atoms with Crippen LogP contribution in [-0.2, 0) is 9.59 Å². The second kappa shape index (κ2) is 9.82. The van der Waals surface area contributed by atoms with Crippen LogP contribution in [-0.4, -0.2) is 40.1 Å². The first-order valence-electron chi connectivity index (χ1n) is 10.8. The topological polar surface area (TPSA) is 83.4 Å². The Bertz CT molecular complexity index is 1260. The Balaban J connectivity index is 1.32. The van der Waals surface area contributed by atoms with Crippen LogP contribution < -0.4 is 10.1 Å². The molecule has 1 N–H and O–H groups in total. The first-order chi connectivity index (χ1) is 16.6. The average molecular weight is 491 g/mol. The van der Waals surface area contributed by atoms with Crippen molar-refractivity contribution in [2.24, 2.45) is 10.1 Å². The zero-order valence-corrected chi connectivity index (χ0v) is 20.0.